The Balaban J connectivity index is 1.65. The molecule has 2 aromatic carbocycles. The molecule has 0 heterocycles. The maximum absolute atomic E-state index is 12.8. The number of esters is 1. The summed E-state index contributed by atoms with van der Waals surface area (Å²) in [7, 11) is 0. The van der Waals surface area contributed by atoms with Crippen LogP contribution in [0.25, 0.3) is 0 Å². The zero-order valence-electron chi connectivity index (χ0n) is 14.6. The van der Waals surface area contributed by atoms with Gasteiger partial charge in [0, 0.05) is 0 Å². The lowest BCUT2D eigenvalue weighted by Crippen LogP contribution is -2.57. The minimum absolute atomic E-state index is 0.191. The summed E-state index contributed by atoms with van der Waals surface area (Å²) >= 11 is 0. The van der Waals surface area contributed by atoms with Gasteiger partial charge >= 0.3 is 12.1 Å². The second-order valence-electron chi connectivity index (χ2n) is 6.53. The molecular weight excluding hydrogens is 330 g/mol. The molecule has 1 saturated carbocycles. The summed E-state index contributed by atoms with van der Waals surface area (Å²) in [5.41, 5.74) is -0.0995. The van der Waals surface area contributed by atoms with E-state index < -0.39 is 17.6 Å². The summed E-state index contributed by atoms with van der Waals surface area (Å²) in [4.78, 5) is 25.1. The van der Waals surface area contributed by atoms with Gasteiger partial charge in [-0.2, -0.15) is 0 Å². The van der Waals surface area contributed by atoms with E-state index >= 15 is 0 Å². The molecule has 0 unspecified atom stereocenters. The lowest BCUT2D eigenvalue weighted by Gasteiger charge is -2.35. The van der Waals surface area contributed by atoms with Crippen molar-refractivity contribution in [2.45, 2.75) is 44.2 Å². The van der Waals surface area contributed by atoms with Crippen LogP contribution in [0.5, 0.6) is 5.75 Å². The Bertz CT molecular complexity index is 724. The average Bonchev–Trinajstić information content (AvgIpc) is 2.68. The number of carbonyl (C=O) groups excluding carboxylic acids is 2. The highest BCUT2D eigenvalue weighted by Crippen LogP contribution is 2.30. The van der Waals surface area contributed by atoms with Crippen LogP contribution < -0.4 is 10.1 Å². The molecule has 1 N–H and O–H groups in total. The first-order valence-electron chi connectivity index (χ1n) is 8.94. The van der Waals surface area contributed by atoms with Crippen LogP contribution in [0, 0.1) is 0 Å². The van der Waals surface area contributed by atoms with Crippen molar-refractivity contribution in [2.75, 3.05) is 0 Å². The number of hydrogen-bond donors (Lipinski definition) is 1. The Labute approximate surface area is 153 Å². The number of amides is 1. The second-order valence-corrected chi connectivity index (χ2v) is 6.53. The van der Waals surface area contributed by atoms with Crippen LogP contribution >= 0.6 is 0 Å². The second kappa shape index (κ2) is 8.52. The first-order chi connectivity index (χ1) is 12.7. The Morgan fingerprint density at radius 2 is 1.50 bits per heavy atom. The Hall–Kier alpha value is -2.82. The standard InChI is InChI=1S/C21H23NO4/c23-19(25-16-17-10-4-1-5-11-17)21(14-8-3-9-15-21)22-20(24)26-18-12-6-2-7-13-18/h1-2,4-7,10-13H,3,8-9,14-16H2,(H,22,24). The molecule has 1 amide bonds. The summed E-state index contributed by atoms with van der Waals surface area (Å²) in [6, 6.07) is 18.3. The first-order valence-corrected chi connectivity index (χ1v) is 8.94. The van der Waals surface area contributed by atoms with E-state index in [1.165, 1.54) is 0 Å². The highest BCUT2D eigenvalue weighted by atomic mass is 16.6. The van der Waals surface area contributed by atoms with Gasteiger partial charge in [0.15, 0.2) is 0 Å². The molecule has 0 radical (unpaired) electrons. The molecule has 2 aromatic rings. The van der Waals surface area contributed by atoms with Crippen LogP contribution in [-0.2, 0) is 16.1 Å². The highest BCUT2D eigenvalue weighted by Gasteiger charge is 2.43. The van der Waals surface area contributed by atoms with E-state index in [9.17, 15) is 9.59 Å². The van der Waals surface area contributed by atoms with E-state index in [-0.39, 0.29) is 6.61 Å². The van der Waals surface area contributed by atoms with Gasteiger partial charge in [-0.25, -0.2) is 9.59 Å². The van der Waals surface area contributed by atoms with Crippen molar-refractivity contribution in [3.8, 4) is 5.75 Å². The maximum Gasteiger partial charge on any atom is 0.413 e. The summed E-state index contributed by atoms with van der Waals surface area (Å²) in [5.74, 6) is 0.0414. The van der Waals surface area contributed by atoms with Crippen LogP contribution in [-0.4, -0.2) is 17.6 Å². The molecular formula is C21H23NO4. The number of benzene rings is 2. The third-order valence-corrected chi connectivity index (χ3v) is 4.61. The van der Waals surface area contributed by atoms with Gasteiger partial charge in [-0.05, 0) is 30.5 Å². The Morgan fingerprint density at radius 3 is 2.15 bits per heavy atom. The predicted molar refractivity (Wildman–Crippen MR) is 97.7 cm³/mol. The zero-order chi connectivity index (χ0) is 18.2. The van der Waals surface area contributed by atoms with Gasteiger partial charge < -0.3 is 14.8 Å². The fraction of sp³-hybridized carbons (Fsp3) is 0.333. The summed E-state index contributed by atoms with van der Waals surface area (Å²) in [6.07, 6.45) is 3.27. The number of carbonyl (C=O) groups is 2. The normalized spacial score (nSPS) is 15.7. The van der Waals surface area contributed by atoms with Crippen molar-refractivity contribution in [3.63, 3.8) is 0 Å². The van der Waals surface area contributed by atoms with Gasteiger partial charge in [0.25, 0.3) is 0 Å². The summed E-state index contributed by atoms with van der Waals surface area (Å²) < 4.78 is 10.8. The van der Waals surface area contributed by atoms with E-state index in [1.54, 1.807) is 24.3 Å². The van der Waals surface area contributed by atoms with Crippen molar-refractivity contribution >= 4 is 12.1 Å². The SMILES string of the molecule is O=C(NC1(C(=O)OCc2ccccc2)CCCCC1)Oc1ccccc1. The van der Waals surface area contributed by atoms with E-state index in [4.69, 9.17) is 9.47 Å². The molecule has 0 bridgehead atoms. The molecule has 5 nitrogen and oxygen atoms in total. The van der Waals surface area contributed by atoms with Crippen LogP contribution in [0.3, 0.4) is 0 Å². The molecule has 26 heavy (non-hydrogen) atoms. The largest absolute Gasteiger partial charge is 0.459 e. The van der Waals surface area contributed by atoms with Crippen LogP contribution in [0.2, 0.25) is 0 Å². The lowest BCUT2D eigenvalue weighted by atomic mass is 9.82. The third-order valence-electron chi connectivity index (χ3n) is 4.61. The van der Waals surface area contributed by atoms with E-state index in [0.717, 1.165) is 24.8 Å². The topological polar surface area (TPSA) is 64.6 Å². The molecule has 0 aromatic heterocycles. The van der Waals surface area contributed by atoms with Crippen molar-refractivity contribution < 1.29 is 19.1 Å². The molecule has 0 saturated heterocycles. The fourth-order valence-electron chi connectivity index (χ4n) is 3.21. The van der Waals surface area contributed by atoms with Gasteiger partial charge in [-0.1, -0.05) is 67.8 Å². The molecule has 1 fully saturated rings. The van der Waals surface area contributed by atoms with Gasteiger partial charge in [-0.15, -0.1) is 0 Å². The van der Waals surface area contributed by atoms with E-state index in [1.807, 2.05) is 36.4 Å². The average molecular weight is 353 g/mol. The quantitative estimate of drug-likeness (QED) is 0.818. The lowest BCUT2D eigenvalue weighted by molar-refractivity contribution is -0.154. The number of hydrogen-bond acceptors (Lipinski definition) is 4. The number of rotatable bonds is 5. The smallest absolute Gasteiger partial charge is 0.413 e. The number of para-hydroxylation sites is 1. The predicted octanol–water partition coefficient (Wildman–Crippen LogP) is 4.22. The van der Waals surface area contributed by atoms with E-state index in [2.05, 4.69) is 5.32 Å². The maximum atomic E-state index is 12.8. The fourth-order valence-corrected chi connectivity index (χ4v) is 3.21. The molecule has 1 aliphatic carbocycles. The van der Waals surface area contributed by atoms with Crippen LogP contribution in [0.1, 0.15) is 37.7 Å². The van der Waals surface area contributed by atoms with Crippen molar-refractivity contribution in [1.82, 2.24) is 5.32 Å². The van der Waals surface area contributed by atoms with Gasteiger partial charge in [0.05, 0.1) is 0 Å². The minimum atomic E-state index is -1.01. The molecule has 0 spiro atoms. The molecule has 136 valence electrons. The molecule has 3 rings (SSSR count). The monoisotopic (exact) mass is 353 g/mol. The first kappa shape index (κ1) is 18.0. The van der Waals surface area contributed by atoms with Gasteiger partial charge in [0.2, 0.25) is 0 Å². The molecule has 1 aliphatic rings. The summed E-state index contributed by atoms with van der Waals surface area (Å²) in [5, 5.41) is 2.78. The van der Waals surface area contributed by atoms with Crippen LogP contribution in [0.4, 0.5) is 4.79 Å². The molecule has 0 atom stereocenters. The Morgan fingerprint density at radius 1 is 0.885 bits per heavy atom. The highest BCUT2D eigenvalue weighted by molar-refractivity contribution is 5.86. The number of ether oxygens (including phenoxy) is 2. The third kappa shape index (κ3) is 4.63. The van der Waals surface area contributed by atoms with Gasteiger partial charge in [0.1, 0.15) is 17.9 Å². The molecule has 5 heteroatoms. The van der Waals surface area contributed by atoms with Crippen LogP contribution in [0.15, 0.2) is 60.7 Å². The summed E-state index contributed by atoms with van der Waals surface area (Å²) in [6.45, 7) is 0.191. The molecule has 0 aliphatic heterocycles. The van der Waals surface area contributed by atoms with Crippen molar-refractivity contribution in [1.29, 1.82) is 0 Å². The minimum Gasteiger partial charge on any atom is -0.459 e. The van der Waals surface area contributed by atoms with Crippen molar-refractivity contribution in [2.24, 2.45) is 0 Å². The number of nitrogens with one attached hydrogen (secondary N) is 1. The van der Waals surface area contributed by atoms with Crippen molar-refractivity contribution in [3.05, 3.63) is 66.2 Å². The van der Waals surface area contributed by atoms with Gasteiger partial charge in [-0.3, -0.25) is 0 Å². The Kier molecular flexibility index (Phi) is 5.89. The van der Waals surface area contributed by atoms with E-state index in [0.29, 0.717) is 18.6 Å². The zero-order valence-corrected chi connectivity index (χ0v) is 14.6.